The Morgan fingerprint density at radius 2 is 2.03 bits per heavy atom. The Morgan fingerprint density at radius 1 is 1.24 bits per heavy atom. The molecule has 4 unspecified atom stereocenters. The molecule has 5 N–H and O–H groups in total. The first-order valence-electron chi connectivity index (χ1n) is 12.0. The number of carbonyl (C=O) groups excluding carboxylic acids is 1. The van der Waals surface area contributed by atoms with Crippen molar-refractivity contribution >= 4 is 21.4 Å². The molecule has 0 radical (unpaired) electrons. The number of amides is 1. The lowest BCUT2D eigenvalue weighted by molar-refractivity contribution is -0.128. The van der Waals surface area contributed by atoms with Crippen LogP contribution in [0.2, 0.25) is 0 Å². The van der Waals surface area contributed by atoms with Crippen LogP contribution < -0.4 is 16.1 Å². The highest BCUT2D eigenvalue weighted by atomic mass is 32.2. The number of hydrogen-bond donors (Lipinski definition) is 5. The molecule has 0 spiro atoms. The lowest BCUT2D eigenvalue weighted by Crippen LogP contribution is -2.54. The number of aliphatic hydroxyl groups is 2. The van der Waals surface area contributed by atoms with Crippen LogP contribution in [-0.2, 0) is 20.2 Å². The maximum absolute atomic E-state index is 12.9. The molecule has 3 aliphatic heterocycles. The van der Waals surface area contributed by atoms with Crippen molar-refractivity contribution in [3.05, 3.63) is 23.8 Å². The molecule has 0 aromatic heterocycles. The van der Waals surface area contributed by atoms with Gasteiger partial charge in [0, 0.05) is 29.9 Å². The van der Waals surface area contributed by atoms with Crippen LogP contribution in [-0.4, -0.2) is 66.7 Å². The number of aliphatic hydroxyl groups excluding tert-OH is 1. The monoisotopic (exact) mass is 489 g/mol. The molecule has 1 aromatic rings. The van der Waals surface area contributed by atoms with Crippen molar-refractivity contribution in [2.24, 2.45) is 11.8 Å². The second kappa shape index (κ2) is 8.77. The van der Waals surface area contributed by atoms with Crippen LogP contribution in [0.1, 0.15) is 44.1 Å². The van der Waals surface area contributed by atoms with Gasteiger partial charge in [-0.2, -0.15) is 5.26 Å². The van der Waals surface area contributed by atoms with E-state index in [1.807, 2.05) is 0 Å². The van der Waals surface area contributed by atoms with Crippen molar-refractivity contribution in [2.45, 2.75) is 67.3 Å². The third kappa shape index (κ3) is 3.87. The number of hydrazine groups is 1. The Labute approximate surface area is 199 Å². The fourth-order valence-corrected chi connectivity index (χ4v) is 7.73. The molecule has 5 rings (SSSR count). The third-order valence-corrected chi connectivity index (χ3v) is 9.67. The second-order valence-electron chi connectivity index (χ2n) is 9.89. The lowest BCUT2D eigenvalue weighted by atomic mass is 9.83. The van der Waals surface area contributed by atoms with Gasteiger partial charge in [-0.25, -0.2) is 18.9 Å². The number of anilines is 1. The molecule has 3 heterocycles. The topological polar surface area (TPSA) is 155 Å². The summed E-state index contributed by atoms with van der Waals surface area (Å²) in [7, 11) is -3.54. The van der Waals surface area contributed by atoms with Gasteiger partial charge in [0.25, 0.3) is 0 Å². The van der Waals surface area contributed by atoms with Gasteiger partial charge in [0.15, 0.2) is 9.84 Å². The van der Waals surface area contributed by atoms with Gasteiger partial charge in [0.2, 0.25) is 5.91 Å². The van der Waals surface area contributed by atoms with E-state index in [4.69, 9.17) is 0 Å². The van der Waals surface area contributed by atoms with E-state index in [2.05, 4.69) is 27.1 Å². The van der Waals surface area contributed by atoms with Gasteiger partial charge in [-0.3, -0.25) is 4.79 Å². The highest BCUT2D eigenvalue weighted by Crippen LogP contribution is 2.40. The van der Waals surface area contributed by atoms with E-state index in [1.165, 1.54) is 6.07 Å². The number of fused-ring (bicyclic) bond motifs is 2. The number of sulfone groups is 1. The Bertz CT molecular complexity index is 1120. The van der Waals surface area contributed by atoms with Crippen LogP contribution in [0.15, 0.2) is 23.1 Å². The molecule has 34 heavy (non-hydrogen) atoms. The average Bonchev–Trinajstić information content (AvgIpc) is 3.21. The van der Waals surface area contributed by atoms with E-state index < -0.39 is 34.1 Å². The lowest BCUT2D eigenvalue weighted by Gasteiger charge is -2.39. The summed E-state index contributed by atoms with van der Waals surface area (Å²) in [5.74, 6) is -0.792. The zero-order valence-corrected chi connectivity index (χ0v) is 19.7. The van der Waals surface area contributed by atoms with Crippen molar-refractivity contribution in [1.29, 1.82) is 5.26 Å². The molecule has 1 amide bonds. The molecule has 1 saturated carbocycles. The van der Waals surface area contributed by atoms with Gasteiger partial charge in [0.05, 0.1) is 35.2 Å². The van der Waals surface area contributed by atoms with E-state index >= 15 is 0 Å². The standard InChI is InChI=1S/C23H31N5O5S/c24-12-14-3-1-2-4-17(14)28-18-7-9-25-22(30)20(18)21(27-28)26-15-5-6-19-16(11-15)23(31,13-29)8-10-34(19,32)33/h5-6,11,14,17-18,20-21,26-27,29,31H,1-4,7-10,13H2,(H,25,30)/t14-,17+,18?,20?,21?,23?/m1/s1. The van der Waals surface area contributed by atoms with E-state index in [0.717, 1.165) is 32.1 Å². The maximum atomic E-state index is 12.9. The molecule has 2 saturated heterocycles. The summed E-state index contributed by atoms with van der Waals surface area (Å²) in [6.45, 7) is -0.00611. The molecule has 10 nitrogen and oxygen atoms in total. The van der Waals surface area contributed by atoms with Crippen molar-refractivity contribution in [2.75, 3.05) is 24.2 Å². The van der Waals surface area contributed by atoms with Crippen molar-refractivity contribution in [3.8, 4) is 6.07 Å². The van der Waals surface area contributed by atoms with Crippen LogP contribution in [0.3, 0.4) is 0 Å². The number of hydrogen-bond acceptors (Lipinski definition) is 9. The highest BCUT2D eigenvalue weighted by Gasteiger charge is 2.51. The van der Waals surface area contributed by atoms with E-state index in [9.17, 15) is 28.7 Å². The number of nitrogens with zero attached hydrogens (tertiary/aromatic N) is 2. The number of rotatable bonds is 4. The van der Waals surface area contributed by atoms with Crippen LogP contribution in [0.25, 0.3) is 0 Å². The fraction of sp³-hybridized carbons (Fsp3) is 0.652. The zero-order chi connectivity index (χ0) is 24.1. The van der Waals surface area contributed by atoms with Crippen LogP contribution >= 0.6 is 0 Å². The normalized spacial score (nSPS) is 37.2. The summed E-state index contributed by atoms with van der Waals surface area (Å²) in [5.41, 5.74) is 2.53. The summed E-state index contributed by atoms with van der Waals surface area (Å²) < 4.78 is 25.1. The third-order valence-electron chi connectivity index (χ3n) is 7.90. The Balaban J connectivity index is 1.45. The predicted octanol–water partition coefficient (Wildman–Crippen LogP) is 0.189. The average molecular weight is 490 g/mol. The number of benzene rings is 1. The smallest absolute Gasteiger partial charge is 0.228 e. The maximum Gasteiger partial charge on any atom is 0.228 e. The molecule has 4 aliphatic rings. The molecule has 6 atom stereocenters. The molecule has 0 bridgehead atoms. The first-order chi connectivity index (χ1) is 16.3. The van der Waals surface area contributed by atoms with Gasteiger partial charge in [0.1, 0.15) is 11.8 Å². The minimum atomic E-state index is -3.54. The molecule has 1 aromatic carbocycles. The molecule has 11 heteroatoms. The van der Waals surface area contributed by atoms with Gasteiger partial charge in [-0.1, -0.05) is 12.8 Å². The quantitative estimate of drug-likeness (QED) is 0.399. The van der Waals surface area contributed by atoms with Crippen LogP contribution in [0, 0.1) is 23.2 Å². The van der Waals surface area contributed by atoms with E-state index in [-0.39, 0.29) is 46.5 Å². The van der Waals surface area contributed by atoms with Gasteiger partial charge < -0.3 is 20.8 Å². The predicted molar refractivity (Wildman–Crippen MR) is 123 cm³/mol. The number of nitrogens with one attached hydrogen (secondary N) is 3. The number of carbonyl (C=O) groups is 1. The first kappa shape index (κ1) is 23.5. The summed E-state index contributed by atoms with van der Waals surface area (Å²) >= 11 is 0. The molecule has 1 aliphatic carbocycles. The Hall–Kier alpha value is -2.23. The molecular formula is C23H31N5O5S. The van der Waals surface area contributed by atoms with Crippen LogP contribution in [0.4, 0.5) is 5.69 Å². The van der Waals surface area contributed by atoms with Gasteiger partial charge in [-0.15, -0.1) is 0 Å². The van der Waals surface area contributed by atoms with E-state index in [0.29, 0.717) is 12.2 Å². The van der Waals surface area contributed by atoms with Crippen molar-refractivity contribution in [1.82, 2.24) is 15.8 Å². The Morgan fingerprint density at radius 3 is 2.79 bits per heavy atom. The Kier molecular flexibility index (Phi) is 6.06. The summed E-state index contributed by atoms with van der Waals surface area (Å²) in [6.07, 6.45) is 4.03. The second-order valence-corrected chi connectivity index (χ2v) is 12.0. The minimum absolute atomic E-state index is 0.0224. The SMILES string of the molecule is N#C[C@H]1CCCC[C@@H]1N1NC(Nc2ccc3c(c2)C(O)(CO)CCS3(=O)=O)C2C(=O)NCCC21. The van der Waals surface area contributed by atoms with Gasteiger partial charge >= 0.3 is 0 Å². The number of nitriles is 1. The van der Waals surface area contributed by atoms with Crippen molar-refractivity contribution < 1.29 is 23.4 Å². The number of piperidine rings is 1. The molecular weight excluding hydrogens is 458 g/mol. The highest BCUT2D eigenvalue weighted by molar-refractivity contribution is 7.91. The molecule has 184 valence electrons. The minimum Gasteiger partial charge on any atom is -0.393 e. The summed E-state index contributed by atoms with van der Waals surface area (Å²) in [4.78, 5) is 12.9. The summed E-state index contributed by atoms with van der Waals surface area (Å²) in [6, 6.07) is 7.04. The zero-order valence-electron chi connectivity index (χ0n) is 18.9. The first-order valence-corrected chi connectivity index (χ1v) is 13.6. The van der Waals surface area contributed by atoms with E-state index in [1.54, 1.807) is 12.1 Å². The largest absolute Gasteiger partial charge is 0.393 e. The molecule has 3 fully saturated rings. The fourth-order valence-electron chi connectivity index (χ4n) is 6.04. The van der Waals surface area contributed by atoms with Crippen LogP contribution in [0.5, 0.6) is 0 Å². The summed E-state index contributed by atoms with van der Waals surface area (Å²) in [5, 5.41) is 38.8. The van der Waals surface area contributed by atoms with Gasteiger partial charge in [-0.05, 0) is 43.9 Å². The van der Waals surface area contributed by atoms with Crippen molar-refractivity contribution in [3.63, 3.8) is 0 Å².